The summed E-state index contributed by atoms with van der Waals surface area (Å²) in [7, 11) is 0. The highest BCUT2D eigenvalue weighted by molar-refractivity contribution is 7.99. The average molecular weight is 441 g/mol. The van der Waals surface area contributed by atoms with Crippen LogP contribution in [0.5, 0.6) is 0 Å². The van der Waals surface area contributed by atoms with Gasteiger partial charge in [0.1, 0.15) is 18.1 Å². The van der Waals surface area contributed by atoms with Gasteiger partial charge in [0.05, 0.1) is 25.2 Å². The van der Waals surface area contributed by atoms with Crippen molar-refractivity contribution in [3.63, 3.8) is 0 Å². The fourth-order valence-corrected chi connectivity index (χ4v) is 4.05. The van der Waals surface area contributed by atoms with E-state index in [9.17, 15) is 9.59 Å². The molecule has 0 aliphatic heterocycles. The molecule has 0 bridgehead atoms. The van der Waals surface area contributed by atoms with Crippen molar-refractivity contribution in [1.82, 2.24) is 14.8 Å². The number of carbonyl (C=O) groups is 2. The second-order valence-corrected chi connectivity index (χ2v) is 8.13. The van der Waals surface area contributed by atoms with Gasteiger partial charge in [-0.2, -0.15) is 0 Å². The van der Waals surface area contributed by atoms with Crippen molar-refractivity contribution in [2.45, 2.75) is 37.4 Å². The van der Waals surface area contributed by atoms with Crippen molar-refractivity contribution >= 4 is 29.3 Å². The van der Waals surface area contributed by atoms with Crippen molar-refractivity contribution in [3.05, 3.63) is 60.3 Å². The van der Waals surface area contributed by atoms with Gasteiger partial charge >= 0.3 is 5.97 Å². The average Bonchev–Trinajstić information content (AvgIpc) is 3.34. The molecule has 2 heterocycles. The molecule has 1 aromatic carbocycles. The molecule has 3 aromatic rings. The maximum atomic E-state index is 13.1. The first-order valence-corrected chi connectivity index (χ1v) is 11.2. The lowest BCUT2D eigenvalue weighted by molar-refractivity contribution is -0.142. The van der Waals surface area contributed by atoms with Crippen LogP contribution in [-0.2, 0) is 20.9 Å². The van der Waals surface area contributed by atoms with Gasteiger partial charge in [0.25, 0.3) is 0 Å². The summed E-state index contributed by atoms with van der Waals surface area (Å²) < 4.78 is 12.6. The van der Waals surface area contributed by atoms with Crippen LogP contribution in [0.1, 0.15) is 37.3 Å². The number of amides is 1. The number of aromatic nitrogens is 3. The fraction of sp³-hybridized carbons (Fsp3) is 0.364. The molecule has 0 N–H and O–H groups in total. The van der Waals surface area contributed by atoms with Gasteiger partial charge in [0, 0.05) is 11.6 Å². The summed E-state index contributed by atoms with van der Waals surface area (Å²) in [6.45, 7) is 2.40. The Labute approximate surface area is 184 Å². The molecule has 0 saturated heterocycles. The largest absolute Gasteiger partial charge is 0.467 e. The molecule has 0 spiro atoms. The first kappa shape index (κ1) is 21.2. The molecule has 1 aliphatic carbocycles. The van der Waals surface area contributed by atoms with Crippen LogP contribution in [0.3, 0.4) is 0 Å². The molecule has 1 saturated carbocycles. The number of anilines is 1. The van der Waals surface area contributed by atoms with E-state index >= 15 is 0 Å². The van der Waals surface area contributed by atoms with Crippen LogP contribution in [0.2, 0.25) is 0 Å². The molecule has 0 unspecified atom stereocenters. The Bertz CT molecular complexity index is 1020. The second kappa shape index (κ2) is 9.82. The number of nitrogens with zero attached hydrogens (tertiary/aromatic N) is 4. The summed E-state index contributed by atoms with van der Waals surface area (Å²) in [6, 6.07) is 12.9. The van der Waals surface area contributed by atoms with E-state index in [1.165, 1.54) is 16.7 Å². The van der Waals surface area contributed by atoms with Gasteiger partial charge < -0.3 is 14.1 Å². The monoisotopic (exact) mass is 440 g/mol. The second-order valence-electron chi connectivity index (χ2n) is 7.19. The lowest BCUT2D eigenvalue weighted by atomic mass is 10.3. The van der Waals surface area contributed by atoms with Crippen LogP contribution in [0.15, 0.2) is 58.3 Å². The zero-order valence-corrected chi connectivity index (χ0v) is 18.1. The fourth-order valence-electron chi connectivity index (χ4n) is 3.23. The van der Waals surface area contributed by atoms with Crippen LogP contribution < -0.4 is 4.90 Å². The summed E-state index contributed by atoms with van der Waals surface area (Å²) in [5, 5.41) is 9.35. The van der Waals surface area contributed by atoms with Gasteiger partial charge in [0.15, 0.2) is 5.16 Å². The van der Waals surface area contributed by atoms with Crippen LogP contribution in [0.25, 0.3) is 0 Å². The Balaban J connectivity index is 1.49. The third kappa shape index (κ3) is 5.35. The number of benzene rings is 1. The lowest BCUT2D eigenvalue weighted by Crippen LogP contribution is -2.37. The molecule has 4 rings (SSSR count). The van der Waals surface area contributed by atoms with Crippen molar-refractivity contribution in [2.75, 3.05) is 23.8 Å². The van der Waals surface area contributed by atoms with Gasteiger partial charge in [-0.15, -0.1) is 10.2 Å². The molecule has 31 heavy (non-hydrogen) atoms. The number of furan rings is 1. The molecule has 2 aromatic heterocycles. The first-order valence-electron chi connectivity index (χ1n) is 10.2. The number of hydrogen-bond acceptors (Lipinski definition) is 7. The van der Waals surface area contributed by atoms with Crippen molar-refractivity contribution in [3.8, 4) is 0 Å². The smallest absolute Gasteiger partial charge is 0.326 e. The Kier molecular flexibility index (Phi) is 6.71. The van der Waals surface area contributed by atoms with E-state index in [4.69, 9.17) is 9.15 Å². The highest BCUT2D eigenvalue weighted by Gasteiger charge is 2.31. The van der Waals surface area contributed by atoms with Crippen molar-refractivity contribution < 1.29 is 18.7 Å². The summed E-state index contributed by atoms with van der Waals surface area (Å²) in [5.74, 6) is 1.62. The number of esters is 1. The van der Waals surface area contributed by atoms with E-state index < -0.39 is 5.97 Å². The Morgan fingerprint density at radius 3 is 2.68 bits per heavy atom. The summed E-state index contributed by atoms with van der Waals surface area (Å²) in [4.78, 5) is 26.6. The predicted molar refractivity (Wildman–Crippen MR) is 116 cm³/mol. The van der Waals surface area contributed by atoms with Gasteiger partial charge in [-0.3, -0.25) is 14.2 Å². The molecule has 8 nitrogen and oxygen atoms in total. The number of carbonyl (C=O) groups excluding carboxylic acids is 2. The van der Waals surface area contributed by atoms with E-state index in [0.29, 0.717) is 23.3 Å². The Morgan fingerprint density at radius 1 is 1.19 bits per heavy atom. The third-order valence-electron chi connectivity index (χ3n) is 4.87. The topological polar surface area (TPSA) is 90.5 Å². The van der Waals surface area contributed by atoms with Crippen molar-refractivity contribution in [2.24, 2.45) is 0 Å². The van der Waals surface area contributed by atoms with Gasteiger partial charge in [0.2, 0.25) is 5.91 Å². The minimum Gasteiger partial charge on any atom is -0.467 e. The van der Waals surface area contributed by atoms with E-state index in [1.54, 1.807) is 25.3 Å². The van der Waals surface area contributed by atoms with Crippen LogP contribution >= 0.6 is 11.8 Å². The van der Waals surface area contributed by atoms with Gasteiger partial charge in [-0.25, -0.2) is 0 Å². The van der Waals surface area contributed by atoms with Crippen molar-refractivity contribution in [1.29, 1.82) is 0 Å². The molecular formula is C22H24N4O4S. The minimum absolute atomic E-state index is 0.120. The van der Waals surface area contributed by atoms with E-state index in [-0.39, 0.29) is 24.8 Å². The number of rotatable bonds is 10. The summed E-state index contributed by atoms with van der Waals surface area (Å²) in [6.07, 6.45) is 3.84. The predicted octanol–water partition coefficient (Wildman–Crippen LogP) is 3.49. The Morgan fingerprint density at radius 2 is 2.00 bits per heavy atom. The van der Waals surface area contributed by atoms with E-state index in [2.05, 4.69) is 10.2 Å². The van der Waals surface area contributed by atoms with Gasteiger partial charge in [-0.1, -0.05) is 30.0 Å². The molecule has 1 amide bonds. The lowest BCUT2D eigenvalue weighted by Gasteiger charge is -2.21. The molecule has 9 heteroatoms. The van der Waals surface area contributed by atoms with Crippen LogP contribution in [0.4, 0.5) is 5.69 Å². The first-order chi connectivity index (χ1) is 15.2. The summed E-state index contributed by atoms with van der Waals surface area (Å²) in [5.41, 5.74) is 0.650. The zero-order valence-electron chi connectivity index (χ0n) is 17.3. The molecule has 1 aliphatic rings. The van der Waals surface area contributed by atoms with Crippen LogP contribution in [-0.4, -0.2) is 45.5 Å². The number of hydrogen-bond donors (Lipinski definition) is 0. The molecular weight excluding hydrogens is 416 g/mol. The number of para-hydroxylation sites is 1. The Hall–Kier alpha value is -3.07. The van der Waals surface area contributed by atoms with E-state index in [0.717, 1.165) is 24.4 Å². The van der Waals surface area contributed by atoms with E-state index in [1.807, 2.05) is 34.9 Å². The molecule has 0 radical (unpaired) electrons. The summed E-state index contributed by atoms with van der Waals surface area (Å²) >= 11 is 1.31. The standard InChI is InChI=1S/C22H24N4O4S/c1-2-29-20(28)14-25(17-7-4-3-5-8-17)19(27)15-31-22-24-23-21(16-10-11-16)26(22)13-18-9-6-12-30-18/h3-9,12,16H,2,10-11,13-15H2,1H3. The minimum atomic E-state index is -0.443. The molecule has 1 fully saturated rings. The number of ether oxygens (including phenoxy) is 1. The maximum absolute atomic E-state index is 13.1. The third-order valence-corrected chi connectivity index (χ3v) is 5.82. The maximum Gasteiger partial charge on any atom is 0.326 e. The van der Waals surface area contributed by atoms with Gasteiger partial charge in [-0.05, 0) is 44.0 Å². The SMILES string of the molecule is CCOC(=O)CN(C(=O)CSc1nnc(C2CC2)n1Cc1ccco1)c1ccccc1. The number of thioether (sulfide) groups is 1. The molecule has 162 valence electrons. The van der Waals surface area contributed by atoms with Crippen LogP contribution in [0, 0.1) is 0 Å². The highest BCUT2D eigenvalue weighted by atomic mass is 32.2. The zero-order chi connectivity index (χ0) is 21.6. The normalized spacial score (nSPS) is 13.2. The molecule has 0 atom stereocenters. The highest BCUT2D eigenvalue weighted by Crippen LogP contribution is 2.40. The quantitative estimate of drug-likeness (QED) is 0.352.